The molecule has 5 rings (SSSR count). The first-order valence-electron chi connectivity index (χ1n) is 10.6. The predicted molar refractivity (Wildman–Crippen MR) is 121 cm³/mol. The molecule has 0 aliphatic heterocycles. The third-order valence-corrected chi connectivity index (χ3v) is 7.93. The molecule has 1 aliphatic rings. The molecule has 0 bridgehead atoms. The lowest BCUT2D eigenvalue weighted by molar-refractivity contribution is 0.357. The fraction of sp³-hybridized carbons (Fsp3) is 0.292. The Kier molecular flexibility index (Phi) is 4.95. The molecule has 1 aromatic carbocycles. The molecule has 0 amide bonds. The van der Waals surface area contributed by atoms with E-state index in [-0.39, 0.29) is 4.90 Å². The number of fused-ring (bicyclic) bond motifs is 3. The van der Waals surface area contributed by atoms with Gasteiger partial charge in [0.2, 0.25) is 0 Å². The van der Waals surface area contributed by atoms with E-state index in [0.29, 0.717) is 22.9 Å². The normalized spacial score (nSPS) is 15.3. The van der Waals surface area contributed by atoms with Crippen LogP contribution in [0.15, 0.2) is 59.8 Å². The third kappa shape index (κ3) is 3.28. The Hall–Kier alpha value is -3.24. The molecular formula is C24H22N4O2S. The summed E-state index contributed by atoms with van der Waals surface area (Å²) in [6.45, 7) is 7.67. The van der Waals surface area contributed by atoms with Crippen molar-refractivity contribution in [3.05, 3.63) is 71.8 Å². The van der Waals surface area contributed by atoms with E-state index in [1.165, 1.54) is 29.4 Å². The van der Waals surface area contributed by atoms with Crippen molar-refractivity contribution >= 4 is 37.8 Å². The van der Waals surface area contributed by atoms with Crippen LogP contribution in [-0.4, -0.2) is 22.4 Å². The van der Waals surface area contributed by atoms with Crippen molar-refractivity contribution in [2.75, 3.05) is 0 Å². The van der Waals surface area contributed by atoms with Crippen LogP contribution >= 0.6 is 0 Å². The molecule has 1 aliphatic carbocycles. The molecule has 0 N–H and O–H groups in total. The van der Waals surface area contributed by atoms with E-state index in [2.05, 4.69) is 14.8 Å². The third-order valence-electron chi connectivity index (χ3n) is 6.21. The Bertz CT molecular complexity index is 1410. The van der Waals surface area contributed by atoms with Gasteiger partial charge in [0.25, 0.3) is 15.8 Å². The van der Waals surface area contributed by atoms with Gasteiger partial charge >= 0.3 is 0 Å². The van der Waals surface area contributed by atoms with Crippen molar-refractivity contribution in [3.63, 3.8) is 0 Å². The second-order valence-electron chi connectivity index (χ2n) is 8.10. The highest BCUT2D eigenvalue weighted by molar-refractivity contribution is 7.90. The molecule has 31 heavy (non-hydrogen) atoms. The minimum Gasteiger partial charge on any atom is -0.360 e. The zero-order valence-corrected chi connectivity index (χ0v) is 17.8. The number of hydrogen-bond donors (Lipinski definition) is 0. The lowest BCUT2D eigenvalue weighted by atomic mass is 9.84. The molecule has 0 saturated heterocycles. The van der Waals surface area contributed by atoms with Gasteiger partial charge in [-0.05, 0) is 42.2 Å². The van der Waals surface area contributed by atoms with E-state index in [1.807, 2.05) is 12.1 Å². The minimum atomic E-state index is -3.88. The molecule has 3 heterocycles. The molecule has 0 spiro atoms. The molecule has 156 valence electrons. The second-order valence-corrected chi connectivity index (χ2v) is 9.88. The van der Waals surface area contributed by atoms with Crippen LogP contribution in [0.3, 0.4) is 0 Å². The number of nitrogens with zero attached hydrogens (tertiary/aromatic N) is 4. The summed E-state index contributed by atoms with van der Waals surface area (Å²) in [4.78, 5) is 12.7. The Labute approximate surface area is 181 Å². The molecule has 0 unspecified atom stereocenters. The van der Waals surface area contributed by atoms with Crippen molar-refractivity contribution in [1.29, 1.82) is 0 Å². The number of hydrogen-bond acceptors (Lipinski definition) is 4. The van der Waals surface area contributed by atoms with Gasteiger partial charge in [-0.1, -0.05) is 56.9 Å². The van der Waals surface area contributed by atoms with E-state index in [9.17, 15) is 8.42 Å². The Morgan fingerprint density at radius 1 is 1.03 bits per heavy atom. The molecule has 3 aromatic heterocycles. The summed E-state index contributed by atoms with van der Waals surface area (Å²) >= 11 is 0. The predicted octanol–water partition coefficient (Wildman–Crippen LogP) is 5.50. The van der Waals surface area contributed by atoms with Gasteiger partial charge < -0.3 is 4.85 Å². The summed E-state index contributed by atoms with van der Waals surface area (Å²) < 4.78 is 28.5. The first kappa shape index (κ1) is 19.7. The average Bonchev–Trinajstić information content (AvgIpc) is 3.16. The fourth-order valence-corrected chi connectivity index (χ4v) is 6.25. The quantitative estimate of drug-likeness (QED) is 0.401. The molecule has 0 radical (unpaired) electrons. The van der Waals surface area contributed by atoms with Crippen LogP contribution in [0.5, 0.6) is 0 Å². The molecule has 0 atom stereocenters. The maximum Gasteiger partial charge on any atom is 0.273 e. The summed E-state index contributed by atoms with van der Waals surface area (Å²) in [5, 5.41) is 1.53. The Balaban J connectivity index is 1.82. The monoisotopic (exact) mass is 430 g/mol. The number of aromatic nitrogens is 3. The van der Waals surface area contributed by atoms with Crippen molar-refractivity contribution in [2.24, 2.45) is 5.92 Å². The van der Waals surface area contributed by atoms with Crippen molar-refractivity contribution < 1.29 is 8.42 Å². The SMILES string of the molecule is [C-]#[N+]c1ncc2c(c1CC1CCCCC1)c1cccnc1n2S(=O)(=O)c1ccccc1. The zero-order valence-electron chi connectivity index (χ0n) is 17.0. The maximum atomic E-state index is 13.6. The molecule has 4 aromatic rings. The Morgan fingerprint density at radius 2 is 1.81 bits per heavy atom. The Morgan fingerprint density at radius 3 is 2.55 bits per heavy atom. The lowest BCUT2D eigenvalue weighted by Crippen LogP contribution is -2.13. The first-order valence-corrected chi connectivity index (χ1v) is 12.0. The minimum absolute atomic E-state index is 0.197. The van der Waals surface area contributed by atoms with Gasteiger partial charge in [0.1, 0.15) is 11.7 Å². The molecule has 1 saturated carbocycles. The first-order chi connectivity index (χ1) is 15.1. The number of rotatable bonds is 4. The van der Waals surface area contributed by atoms with Crippen LogP contribution in [0.25, 0.3) is 26.8 Å². The van der Waals surface area contributed by atoms with E-state index >= 15 is 0 Å². The summed E-state index contributed by atoms with van der Waals surface area (Å²) in [5.74, 6) is 0.848. The molecule has 6 nitrogen and oxygen atoms in total. The lowest BCUT2D eigenvalue weighted by Gasteiger charge is -2.22. The van der Waals surface area contributed by atoms with Gasteiger partial charge in [-0.15, -0.1) is 4.98 Å². The second kappa shape index (κ2) is 7.78. The van der Waals surface area contributed by atoms with Crippen molar-refractivity contribution in [1.82, 2.24) is 13.9 Å². The van der Waals surface area contributed by atoms with Gasteiger partial charge in [0.05, 0.1) is 4.90 Å². The van der Waals surface area contributed by atoms with Gasteiger partial charge in [0, 0.05) is 17.0 Å². The highest BCUT2D eigenvalue weighted by atomic mass is 32.2. The average molecular weight is 431 g/mol. The standard InChI is InChI=1S/C24H22N4O2S/c1-25-23-20(15-17-9-4-2-5-10-17)22-19-13-8-14-26-24(19)28(21(22)16-27-23)31(29,30)18-11-6-3-7-12-18/h3,6-8,11-14,16-17H,2,4-5,9-10,15H2. The van der Waals surface area contributed by atoms with E-state index in [0.717, 1.165) is 35.6 Å². The molecular weight excluding hydrogens is 408 g/mol. The number of pyridine rings is 2. The molecule has 7 heteroatoms. The smallest absolute Gasteiger partial charge is 0.273 e. The van der Waals surface area contributed by atoms with Crippen LogP contribution in [-0.2, 0) is 16.4 Å². The topological polar surface area (TPSA) is 69.2 Å². The van der Waals surface area contributed by atoms with Gasteiger partial charge in [-0.25, -0.2) is 17.4 Å². The van der Waals surface area contributed by atoms with Crippen LogP contribution in [0.4, 0.5) is 5.82 Å². The summed E-state index contributed by atoms with van der Waals surface area (Å²) in [5.41, 5.74) is 1.70. The van der Waals surface area contributed by atoms with Gasteiger partial charge in [0.15, 0.2) is 5.65 Å². The van der Waals surface area contributed by atoms with E-state index in [1.54, 1.807) is 36.5 Å². The van der Waals surface area contributed by atoms with Crippen molar-refractivity contribution in [2.45, 2.75) is 43.4 Å². The fourth-order valence-electron chi connectivity index (χ4n) is 4.76. The van der Waals surface area contributed by atoms with Gasteiger partial charge in [-0.2, -0.15) is 0 Å². The highest BCUT2D eigenvalue weighted by Crippen LogP contribution is 2.39. The van der Waals surface area contributed by atoms with Crippen LogP contribution in [0.2, 0.25) is 0 Å². The largest absolute Gasteiger partial charge is 0.360 e. The van der Waals surface area contributed by atoms with Crippen LogP contribution in [0.1, 0.15) is 37.7 Å². The van der Waals surface area contributed by atoms with E-state index < -0.39 is 10.0 Å². The zero-order chi connectivity index (χ0) is 21.4. The highest BCUT2D eigenvalue weighted by Gasteiger charge is 2.28. The van der Waals surface area contributed by atoms with Crippen LogP contribution < -0.4 is 0 Å². The summed E-state index contributed by atoms with van der Waals surface area (Å²) in [6.07, 6.45) is 9.77. The summed E-state index contributed by atoms with van der Waals surface area (Å²) in [6, 6.07) is 12.1. The van der Waals surface area contributed by atoms with Gasteiger partial charge in [-0.3, -0.25) is 0 Å². The number of benzene rings is 1. The molecule has 1 fully saturated rings. The van der Waals surface area contributed by atoms with Crippen molar-refractivity contribution in [3.8, 4) is 0 Å². The van der Waals surface area contributed by atoms with Crippen LogP contribution in [0, 0.1) is 12.5 Å². The maximum absolute atomic E-state index is 13.6. The summed E-state index contributed by atoms with van der Waals surface area (Å²) in [7, 11) is -3.88. The van der Waals surface area contributed by atoms with E-state index in [4.69, 9.17) is 6.57 Å².